The van der Waals surface area contributed by atoms with Crippen LogP contribution in [0.3, 0.4) is 0 Å². The molecule has 8 heteroatoms. The second-order valence-corrected chi connectivity index (χ2v) is 5.79. The molecule has 27 heavy (non-hydrogen) atoms. The van der Waals surface area contributed by atoms with Crippen molar-refractivity contribution in [2.75, 3.05) is 23.7 Å². The molecule has 0 unspecified atom stereocenters. The first kappa shape index (κ1) is 16.5. The maximum atomic E-state index is 9.18. The van der Waals surface area contributed by atoms with Crippen LogP contribution in [0.5, 0.6) is 0 Å². The van der Waals surface area contributed by atoms with E-state index < -0.39 is 0 Å². The Kier molecular flexibility index (Phi) is 4.57. The molecule has 0 bridgehead atoms. The molecule has 132 valence electrons. The van der Waals surface area contributed by atoms with Crippen LogP contribution in [-0.2, 0) is 0 Å². The van der Waals surface area contributed by atoms with Crippen molar-refractivity contribution < 1.29 is 0 Å². The molecule has 0 aliphatic heterocycles. The van der Waals surface area contributed by atoms with Gasteiger partial charge in [0.1, 0.15) is 11.8 Å². The average molecular weight is 356 g/mol. The zero-order chi connectivity index (χ0) is 18.5. The first-order valence-corrected chi connectivity index (χ1v) is 8.46. The third-order valence-electron chi connectivity index (χ3n) is 4.02. The lowest BCUT2D eigenvalue weighted by Gasteiger charge is -2.11. The molecular formula is C19H16N8. The van der Waals surface area contributed by atoms with E-state index in [4.69, 9.17) is 0 Å². The molecule has 0 atom stereocenters. The van der Waals surface area contributed by atoms with Crippen molar-refractivity contribution in [3.63, 3.8) is 0 Å². The summed E-state index contributed by atoms with van der Waals surface area (Å²) in [4.78, 5) is 4.32. The predicted molar refractivity (Wildman–Crippen MR) is 103 cm³/mol. The number of benzene rings is 2. The smallest absolute Gasteiger partial charge is 0.247 e. The van der Waals surface area contributed by atoms with Crippen LogP contribution < -0.4 is 10.6 Å². The number of tetrazole rings is 1. The summed E-state index contributed by atoms with van der Waals surface area (Å²) in [5.41, 5.74) is 2.94. The number of rotatable bonds is 6. The Hall–Kier alpha value is -3.99. The molecule has 2 N–H and O–H groups in total. The lowest BCUT2D eigenvalue weighted by molar-refractivity contribution is 0.789. The van der Waals surface area contributed by atoms with Gasteiger partial charge in [-0.1, -0.05) is 41.5 Å². The van der Waals surface area contributed by atoms with Gasteiger partial charge in [-0.2, -0.15) is 9.94 Å². The van der Waals surface area contributed by atoms with Crippen molar-refractivity contribution in [3.8, 4) is 11.8 Å². The maximum absolute atomic E-state index is 9.18. The molecule has 0 saturated heterocycles. The van der Waals surface area contributed by atoms with E-state index in [1.54, 1.807) is 10.7 Å². The fourth-order valence-corrected chi connectivity index (χ4v) is 2.79. The number of aromatic nitrogens is 5. The zero-order valence-corrected chi connectivity index (χ0v) is 14.4. The summed E-state index contributed by atoms with van der Waals surface area (Å²) in [5, 5.41) is 28.5. The van der Waals surface area contributed by atoms with Crippen LogP contribution in [-0.4, -0.2) is 38.3 Å². The third kappa shape index (κ3) is 3.52. The highest BCUT2D eigenvalue weighted by atomic mass is 15.6. The molecule has 2 aromatic heterocycles. The number of nitriles is 1. The summed E-state index contributed by atoms with van der Waals surface area (Å²) in [6, 6.07) is 21.3. The predicted octanol–water partition coefficient (Wildman–Crippen LogP) is 2.61. The summed E-state index contributed by atoms with van der Waals surface area (Å²) < 4.78 is 1.65. The van der Waals surface area contributed by atoms with Gasteiger partial charge < -0.3 is 10.6 Å². The number of fused-ring (bicyclic) bond motifs is 1. The fraction of sp³-hybridized carbons (Fsp3) is 0.105. The summed E-state index contributed by atoms with van der Waals surface area (Å²) >= 11 is 0. The minimum absolute atomic E-state index is 0.386. The van der Waals surface area contributed by atoms with Gasteiger partial charge in [-0.3, -0.25) is 0 Å². The maximum Gasteiger partial charge on any atom is 0.247 e. The zero-order valence-electron chi connectivity index (χ0n) is 14.4. The summed E-state index contributed by atoms with van der Waals surface area (Å²) in [6.45, 7) is 1.23. The van der Waals surface area contributed by atoms with Crippen molar-refractivity contribution in [3.05, 3.63) is 66.4 Å². The van der Waals surface area contributed by atoms with Gasteiger partial charge in [0.25, 0.3) is 0 Å². The monoisotopic (exact) mass is 356 g/mol. The van der Waals surface area contributed by atoms with E-state index in [2.05, 4.69) is 37.2 Å². The topological polar surface area (TPSA) is 104 Å². The van der Waals surface area contributed by atoms with Crippen LogP contribution >= 0.6 is 0 Å². The molecule has 0 aliphatic carbocycles. The third-order valence-corrected chi connectivity index (χ3v) is 4.02. The van der Waals surface area contributed by atoms with Crippen molar-refractivity contribution in [2.45, 2.75) is 0 Å². The van der Waals surface area contributed by atoms with Gasteiger partial charge >= 0.3 is 0 Å². The normalized spacial score (nSPS) is 10.5. The molecule has 0 amide bonds. The Morgan fingerprint density at radius 1 is 0.963 bits per heavy atom. The van der Waals surface area contributed by atoms with E-state index in [1.165, 1.54) is 0 Å². The lowest BCUT2D eigenvalue weighted by atomic mass is 10.1. The van der Waals surface area contributed by atoms with Crippen molar-refractivity contribution in [1.82, 2.24) is 25.2 Å². The number of hydrogen-bond donors (Lipinski definition) is 2. The van der Waals surface area contributed by atoms with Crippen molar-refractivity contribution in [1.29, 1.82) is 5.26 Å². The van der Waals surface area contributed by atoms with Crippen molar-refractivity contribution in [2.24, 2.45) is 0 Å². The van der Waals surface area contributed by atoms with E-state index in [9.17, 15) is 5.26 Å². The largest absolute Gasteiger partial charge is 0.383 e. The van der Waals surface area contributed by atoms with E-state index >= 15 is 0 Å². The van der Waals surface area contributed by atoms with Crippen molar-refractivity contribution >= 4 is 22.5 Å². The van der Waals surface area contributed by atoms with Crippen LogP contribution in [0.1, 0.15) is 5.69 Å². The van der Waals surface area contributed by atoms with Crippen LogP contribution in [0.15, 0.2) is 60.7 Å². The minimum atomic E-state index is 0.386. The molecular weight excluding hydrogens is 340 g/mol. The van der Waals surface area contributed by atoms with Crippen LogP contribution in [0.25, 0.3) is 16.6 Å². The van der Waals surface area contributed by atoms with Gasteiger partial charge in [-0.15, -0.1) is 0 Å². The molecule has 0 radical (unpaired) electrons. The number of para-hydroxylation sites is 2. The Morgan fingerprint density at radius 2 is 1.74 bits per heavy atom. The Morgan fingerprint density at radius 3 is 2.59 bits per heavy atom. The number of anilines is 2. The highest BCUT2D eigenvalue weighted by molar-refractivity contribution is 5.91. The quantitative estimate of drug-likeness (QED) is 0.512. The standard InChI is InChI=1S/C19H16N8/c20-13-14-12-18(16-8-4-5-9-17(16)23-14)21-10-11-22-19-24-25-26-27(19)15-6-2-1-3-7-15/h1-9,12H,10-11H2,(H,21,23)(H,22,24,26). The van der Waals surface area contributed by atoms with E-state index in [0.29, 0.717) is 24.7 Å². The molecule has 4 rings (SSSR count). The van der Waals surface area contributed by atoms with Crippen LogP contribution in [0.2, 0.25) is 0 Å². The fourth-order valence-electron chi connectivity index (χ4n) is 2.79. The second-order valence-electron chi connectivity index (χ2n) is 5.79. The Balaban J connectivity index is 1.44. The highest BCUT2D eigenvalue weighted by Crippen LogP contribution is 2.22. The van der Waals surface area contributed by atoms with Gasteiger partial charge in [-0.25, -0.2) is 4.98 Å². The molecule has 0 spiro atoms. The molecule has 8 nitrogen and oxygen atoms in total. The molecule has 2 heterocycles. The summed E-state index contributed by atoms with van der Waals surface area (Å²) in [7, 11) is 0. The van der Waals surface area contributed by atoms with Gasteiger partial charge in [0, 0.05) is 24.2 Å². The number of pyridine rings is 1. The Labute approximate surface area is 155 Å². The van der Waals surface area contributed by atoms with E-state index in [0.717, 1.165) is 22.3 Å². The summed E-state index contributed by atoms with van der Waals surface area (Å²) in [6.07, 6.45) is 0. The molecule has 4 aromatic rings. The second kappa shape index (κ2) is 7.49. The van der Waals surface area contributed by atoms with Crippen LogP contribution in [0, 0.1) is 11.3 Å². The van der Waals surface area contributed by atoms with Gasteiger partial charge in [0.05, 0.1) is 11.2 Å². The number of nitrogens with one attached hydrogen (secondary N) is 2. The molecule has 0 aliphatic rings. The highest BCUT2D eigenvalue weighted by Gasteiger charge is 2.08. The van der Waals surface area contributed by atoms with Crippen LogP contribution in [0.4, 0.5) is 11.6 Å². The molecule has 2 aromatic carbocycles. The first-order chi connectivity index (χ1) is 13.3. The first-order valence-electron chi connectivity index (χ1n) is 8.46. The number of hydrogen-bond acceptors (Lipinski definition) is 7. The lowest BCUT2D eigenvalue weighted by Crippen LogP contribution is -2.16. The Bertz CT molecular complexity index is 1100. The summed E-state index contributed by atoms with van der Waals surface area (Å²) in [5.74, 6) is 0.570. The van der Waals surface area contributed by atoms with Gasteiger partial charge in [-0.05, 0) is 34.7 Å². The number of nitrogens with zero attached hydrogens (tertiary/aromatic N) is 6. The van der Waals surface area contributed by atoms with Gasteiger partial charge in [0.2, 0.25) is 5.95 Å². The average Bonchev–Trinajstić information content (AvgIpc) is 3.20. The van der Waals surface area contributed by atoms with E-state index in [1.807, 2.05) is 54.6 Å². The molecule has 0 fully saturated rings. The SMILES string of the molecule is N#Cc1cc(NCCNc2nnnn2-c2ccccc2)c2ccccc2n1. The minimum Gasteiger partial charge on any atom is -0.383 e. The molecule has 0 saturated carbocycles. The van der Waals surface area contributed by atoms with E-state index in [-0.39, 0.29) is 0 Å². The van der Waals surface area contributed by atoms with Gasteiger partial charge in [0.15, 0.2) is 0 Å².